The second-order valence-electron chi connectivity index (χ2n) is 6.91. The molecule has 0 aromatic rings. The molecule has 2 N–H and O–H groups in total. The molecule has 2 aliphatic rings. The molecule has 0 radical (unpaired) electrons. The van der Waals surface area contributed by atoms with Crippen molar-refractivity contribution in [2.75, 3.05) is 26.2 Å². The lowest BCUT2D eigenvalue weighted by atomic mass is 9.74. The van der Waals surface area contributed by atoms with Crippen LogP contribution in [0.4, 0.5) is 4.79 Å². The van der Waals surface area contributed by atoms with Crippen LogP contribution in [0.2, 0.25) is 0 Å². The summed E-state index contributed by atoms with van der Waals surface area (Å²) in [5.41, 5.74) is 6.10. The van der Waals surface area contributed by atoms with Gasteiger partial charge >= 0.3 is 6.03 Å². The largest absolute Gasteiger partial charge is 0.328 e. The maximum Gasteiger partial charge on any atom is 0.320 e. The topological polar surface area (TPSA) is 49.6 Å². The van der Waals surface area contributed by atoms with Gasteiger partial charge in [-0.25, -0.2) is 4.79 Å². The normalized spacial score (nSPS) is 29.7. The smallest absolute Gasteiger partial charge is 0.320 e. The lowest BCUT2D eigenvalue weighted by molar-refractivity contribution is 0.0529. The van der Waals surface area contributed by atoms with Gasteiger partial charge in [-0.05, 0) is 50.9 Å². The Morgan fingerprint density at radius 1 is 1.24 bits per heavy atom. The number of nitrogens with zero attached hydrogens (tertiary/aromatic N) is 2. The monoisotopic (exact) mass is 295 g/mol. The standard InChI is InChI=1S/C17H33N3O/c1-3-11-20(16(21)19-12-5-6-13-19)17(14-18)9-7-15(4-2)8-10-17/h15H,3-14,18H2,1-2H3. The molecule has 0 aromatic heterocycles. The van der Waals surface area contributed by atoms with E-state index in [0.29, 0.717) is 6.54 Å². The third kappa shape index (κ3) is 3.53. The highest BCUT2D eigenvalue weighted by Gasteiger charge is 2.42. The van der Waals surface area contributed by atoms with E-state index < -0.39 is 0 Å². The van der Waals surface area contributed by atoms with Gasteiger partial charge in [-0.2, -0.15) is 0 Å². The molecule has 0 aromatic carbocycles. The van der Waals surface area contributed by atoms with E-state index in [4.69, 9.17) is 5.73 Å². The maximum absolute atomic E-state index is 12.9. The van der Waals surface area contributed by atoms with Crippen LogP contribution in [0, 0.1) is 5.92 Å². The zero-order valence-electron chi connectivity index (χ0n) is 13.9. The molecule has 4 heteroatoms. The molecule has 21 heavy (non-hydrogen) atoms. The van der Waals surface area contributed by atoms with E-state index in [9.17, 15) is 4.79 Å². The van der Waals surface area contributed by atoms with Gasteiger partial charge in [0.1, 0.15) is 0 Å². The van der Waals surface area contributed by atoms with Crippen molar-refractivity contribution in [2.24, 2.45) is 11.7 Å². The molecule has 0 unspecified atom stereocenters. The minimum Gasteiger partial charge on any atom is -0.328 e. The molecule has 1 heterocycles. The number of nitrogens with two attached hydrogens (primary N) is 1. The summed E-state index contributed by atoms with van der Waals surface area (Å²) in [5.74, 6) is 0.829. The van der Waals surface area contributed by atoms with Gasteiger partial charge in [0.25, 0.3) is 0 Å². The van der Waals surface area contributed by atoms with Crippen LogP contribution >= 0.6 is 0 Å². The number of carbonyl (C=O) groups is 1. The maximum atomic E-state index is 12.9. The van der Waals surface area contributed by atoms with Gasteiger partial charge in [0.2, 0.25) is 0 Å². The zero-order valence-corrected chi connectivity index (χ0v) is 13.9. The van der Waals surface area contributed by atoms with E-state index in [1.807, 2.05) is 4.90 Å². The summed E-state index contributed by atoms with van der Waals surface area (Å²) in [6.45, 7) is 7.76. The fourth-order valence-electron chi connectivity index (χ4n) is 4.05. The van der Waals surface area contributed by atoms with Crippen molar-refractivity contribution in [3.63, 3.8) is 0 Å². The molecule has 1 saturated carbocycles. The van der Waals surface area contributed by atoms with Gasteiger partial charge in [0, 0.05) is 26.2 Å². The summed E-state index contributed by atoms with van der Waals surface area (Å²) in [6, 6.07) is 0.245. The van der Waals surface area contributed by atoms with Gasteiger partial charge in [-0.1, -0.05) is 20.3 Å². The number of hydrogen-bond donors (Lipinski definition) is 1. The summed E-state index contributed by atoms with van der Waals surface area (Å²) in [4.78, 5) is 17.1. The molecule has 0 bridgehead atoms. The SMILES string of the molecule is CCCN(C(=O)N1CCCC1)C1(CN)CCC(CC)CC1. The minimum atomic E-state index is -0.0820. The Morgan fingerprint density at radius 3 is 2.33 bits per heavy atom. The highest BCUT2D eigenvalue weighted by Crippen LogP contribution is 2.38. The van der Waals surface area contributed by atoms with Gasteiger partial charge in [-0.3, -0.25) is 0 Å². The molecule has 1 aliphatic heterocycles. The predicted octanol–water partition coefficient (Wildman–Crippen LogP) is 3.21. The number of urea groups is 1. The molecule has 0 spiro atoms. The Balaban J connectivity index is 2.12. The van der Waals surface area contributed by atoms with Crippen molar-refractivity contribution in [2.45, 2.75) is 70.8 Å². The zero-order chi connectivity index (χ0) is 15.3. The van der Waals surface area contributed by atoms with Crippen molar-refractivity contribution in [1.82, 2.24) is 9.80 Å². The predicted molar refractivity (Wildman–Crippen MR) is 87.2 cm³/mol. The van der Waals surface area contributed by atoms with Crippen LogP contribution < -0.4 is 5.73 Å². The second kappa shape index (κ2) is 7.48. The number of hydrogen-bond acceptors (Lipinski definition) is 2. The Labute approximate surface area is 130 Å². The van der Waals surface area contributed by atoms with Crippen molar-refractivity contribution in [1.29, 1.82) is 0 Å². The van der Waals surface area contributed by atoms with Gasteiger partial charge < -0.3 is 15.5 Å². The molecule has 122 valence electrons. The summed E-state index contributed by atoms with van der Waals surface area (Å²) < 4.78 is 0. The lowest BCUT2D eigenvalue weighted by Crippen LogP contribution is -2.60. The Kier molecular flexibility index (Phi) is 5.91. The molecule has 1 saturated heterocycles. The molecule has 0 atom stereocenters. The van der Waals surface area contributed by atoms with Crippen LogP contribution in [-0.4, -0.2) is 47.5 Å². The van der Waals surface area contributed by atoms with E-state index in [1.54, 1.807) is 0 Å². The summed E-state index contributed by atoms with van der Waals surface area (Å²) in [6.07, 6.45) is 9.19. The van der Waals surface area contributed by atoms with Gasteiger partial charge in [0.15, 0.2) is 0 Å². The number of rotatable bonds is 5. The third-order valence-electron chi connectivity index (χ3n) is 5.62. The molecular weight excluding hydrogens is 262 g/mol. The van der Waals surface area contributed by atoms with Gasteiger partial charge in [-0.15, -0.1) is 0 Å². The van der Waals surface area contributed by atoms with Crippen molar-refractivity contribution in [3.8, 4) is 0 Å². The summed E-state index contributed by atoms with van der Waals surface area (Å²) >= 11 is 0. The fraction of sp³-hybridized carbons (Fsp3) is 0.941. The second-order valence-corrected chi connectivity index (χ2v) is 6.91. The van der Waals surface area contributed by atoms with E-state index in [1.165, 1.54) is 19.3 Å². The van der Waals surface area contributed by atoms with E-state index in [2.05, 4.69) is 18.7 Å². The minimum absolute atomic E-state index is 0.0820. The van der Waals surface area contributed by atoms with Crippen LogP contribution in [0.5, 0.6) is 0 Å². The number of likely N-dealkylation sites (tertiary alicyclic amines) is 1. The highest BCUT2D eigenvalue weighted by molar-refractivity contribution is 5.75. The van der Waals surface area contributed by atoms with E-state index >= 15 is 0 Å². The van der Waals surface area contributed by atoms with Crippen LogP contribution in [-0.2, 0) is 0 Å². The van der Waals surface area contributed by atoms with Crippen molar-refractivity contribution < 1.29 is 4.79 Å². The number of amides is 2. The lowest BCUT2D eigenvalue weighted by Gasteiger charge is -2.48. The van der Waals surface area contributed by atoms with E-state index in [0.717, 1.165) is 57.7 Å². The van der Waals surface area contributed by atoms with Gasteiger partial charge in [0.05, 0.1) is 5.54 Å². The Hall–Kier alpha value is -0.770. The summed E-state index contributed by atoms with van der Waals surface area (Å²) in [5, 5.41) is 0. The Morgan fingerprint density at radius 2 is 1.86 bits per heavy atom. The van der Waals surface area contributed by atoms with Crippen LogP contribution in [0.25, 0.3) is 0 Å². The molecule has 4 nitrogen and oxygen atoms in total. The fourth-order valence-corrected chi connectivity index (χ4v) is 4.05. The third-order valence-corrected chi connectivity index (χ3v) is 5.62. The molecular formula is C17H33N3O. The van der Waals surface area contributed by atoms with Crippen LogP contribution in [0.3, 0.4) is 0 Å². The van der Waals surface area contributed by atoms with Crippen molar-refractivity contribution >= 4 is 6.03 Å². The average molecular weight is 295 g/mol. The first-order chi connectivity index (χ1) is 10.2. The van der Waals surface area contributed by atoms with E-state index in [-0.39, 0.29) is 11.6 Å². The van der Waals surface area contributed by atoms with Crippen LogP contribution in [0.15, 0.2) is 0 Å². The van der Waals surface area contributed by atoms with Crippen LogP contribution in [0.1, 0.15) is 65.2 Å². The van der Waals surface area contributed by atoms with Crippen molar-refractivity contribution in [3.05, 3.63) is 0 Å². The Bertz CT molecular complexity index is 331. The molecule has 2 amide bonds. The molecule has 2 rings (SSSR count). The number of carbonyl (C=O) groups excluding carboxylic acids is 1. The first-order valence-corrected chi connectivity index (χ1v) is 8.93. The quantitative estimate of drug-likeness (QED) is 0.846. The molecule has 1 aliphatic carbocycles. The first-order valence-electron chi connectivity index (χ1n) is 8.93. The summed E-state index contributed by atoms with van der Waals surface area (Å²) in [7, 11) is 0. The molecule has 2 fully saturated rings. The first kappa shape index (κ1) is 16.6. The average Bonchev–Trinajstić information content (AvgIpc) is 3.06. The highest BCUT2D eigenvalue weighted by atomic mass is 16.2.